The highest BCUT2D eigenvalue weighted by molar-refractivity contribution is 5.95. The molecule has 0 aliphatic carbocycles. The number of hydrogen-bond acceptors (Lipinski definition) is 4. The first-order chi connectivity index (χ1) is 10.4. The van der Waals surface area contributed by atoms with Gasteiger partial charge in [0.1, 0.15) is 0 Å². The lowest BCUT2D eigenvalue weighted by atomic mass is 9.89. The van der Waals surface area contributed by atoms with Gasteiger partial charge in [-0.25, -0.2) is 9.59 Å². The Balaban J connectivity index is 2.04. The van der Waals surface area contributed by atoms with Crippen molar-refractivity contribution in [3.8, 4) is 0 Å². The van der Waals surface area contributed by atoms with Gasteiger partial charge < -0.3 is 19.7 Å². The van der Waals surface area contributed by atoms with E-state index in [1.54, 1.807) is 0 Å². The van der Waals surface area contributed by atoms with Crippen LogP contribution in [0.1, 0.15) is 45.7 Å². The van der Waals surface area contributed by atoms with Crippen molar-refractivity contribution in [2.45, 2.75) is 51.1 Å². The summed E-state index contributed by atoms with van der Waals surface area (Å²) in [6.07, 6.45) is 0.913. The van der Waals surface area contributed by atoms with Gasteiger partial charge in [0, 0.05) is 12.8 Å². The average molecular weight is 306 g/mol. The Kier molecular flexibility index (Phi) is 3.66. The van der Waals surface area contributed by atoms with Gasteiger partial charge in [-0.05, 0) is 37.1 Å². The van der Waals surface area contributed by atoms with Crippen LogP contribution in [-0.4, -0.2) is 46.6 Å². The lowest BCUT2D eigenvalue weighted by Gasteiger charge is -2.14. The molecule has 2 aliphatic rings. The Hall–Kier alpha value is -1.92. The number of aromatic carboxylic acids is 2. The van der Waals surface area contributed by atoms with Crippen molar-refractivity contribution in [1.29, 1.82) is 0 Å². The third kappa shape index (κ3) is 2.84. The molecule has 2 heterocycles. The summed E-state index contributed by atoms with van der Waals surface area (Å²) in [6, 6.07) is 2.74. The van der Waals surface area contributed by atoms with Gasteiger partial charge in [-0.15, -0.1) is 0 Å². The number of ether oxygens (including phenoxy) is 2. The number of hydrogen-bond donors (Lipinski definition) is 2. The third-order valence-electron chi connectivity index (χ3n) is 4.38. The Morgan fingerprint density at radius 3 is 1.45 bits per heavy atom. The first-order valence-corrected chi connectivity index (χ1v) is 7.30. The van der Waals surface area contributed by atoms with E-state index < -0.39 is 11.9 Å². The molecule has 2 N–H and O–H groups in total. The van der Waals surface area contributed by atoms with Crippen LogP contribution in [0.4, 0.5) is 0 Å². The van der Waals surface area contributed by atoms with Crippen molar-refractivity contribution in [2.75, 3.05) is 0 Å². The summed E-state index contributed by atoms with van der Waals surface area (Å²) >= 11 is 0. The molecule has 1 aromatic rings. The third-order valence-corrected chi connectivity index (χ3v) is 4.38. The van der Waals surface area contributed by atoms with Gasteiger partial charge in [0.15, 0.2) is 0 Å². The quantitative estimate of drug-likeness (QED) is 0.777. The molecular formula is C16H18O6. The fourth-order valence-electron chi connectivity index (χ4n) is 2.85. The van der Waals surface area contributed by atoms with Crippen molar-refractivity contribution < 1.29 is 29.3 Å². The molecule has 0 radical (unpaired) electrons. The molecule has 2 fully saturated rings. The van der Waals surface area contributed by atoms with Crippen LogP contribution in [0.15, 0.2) is 12.1 Å². The van der Waals surface area contributed by atoms with Gasteiger partial charge >= 0.3 is 11.9 Å². The van der Waals surface area contributed by atoms with E-state index in [-0.39, 0.29) is 35.5 Å². The second kappa shape index (κ2) is 5.37. The topological polar surface area (TPSA) is 99.7 Å². The molecule has 0 bridgehead atoms. The molecule has 2 saturated heterocycles. The maximum atomic E-state index is 11.5. The number of benzene rings is 1. The van der Waals surface area contributed by atoms with Gasteiger partial charge in [-0.2, -0.15) is 0 Å². The molecular weight excluding hydrogens is 288 g/mol. The molecule has 118 valence electrons. The van der Waals surface area contributed by atoms with E-state index in [0.29, 0.717) is 24.0 Å². The Labute approximate surface area is 127 Å². The predicted molar refractivity (Wildman–Crippen MR) is 76.4 cm³/mol. The molecule has 1 aromatic carbocycles. The fraction of sp³-hybridized carbons (Fsp3) is 0.500. The summed E-state index contributed by atoms with van der Waals surface area (Å²) in [4.78, 5) is 23.0. The first kappa shape index (κ1) is 15.0. The predicted octanol–water partition coefficient (Wildman–Crippen LogP) is 1.74. The van der Waals surface area contributed by atoms with Crippen LogP contribution in [-0.2, 0) is 22.3 Å². The molecule has 2 aliphatic heterocycles. The average Bonchev–Trinajstić information content (AvgIpc) is 3.31. The Bertz CT molecular complexity index is 583. The second-order valence-electron chi connectivity index (χ2n) is 5.90. The minimum atomic E-state index is -1.05. The molecule has 0 saturated carbocycles. The normalized spacial score (nSPS) is 29.2. The molecule has 0 spiro atoms. The van der Waals surface area contributed by atoms with Crippen LogP contribution in [0, 0.1) is 0 Å². The maximum Gasteiger partial charge on any atom is 0.335 e. The zero-order valence-electron chi connectivity index (χ0n) is 12.4. The van der Waals surface area contributed by atoms with E-state index in [0.717, 1.165) is 0 Å². The van der Waals surface area contributed by atoms with Gasteiger partial charge in [0.25, 0.3) is 0 Å². The maximum absolute atomic E-state index is 11.5. The number of epoxide rings is 2. The zero-order chi connectivity index (χ0) is 16.0. The lowest BCUT2D eigenvalue weighted by Crippen LogP contribution is -2.16. The smallest absolute Gasteiger partial charge is 0.335 e. The van der Waals surface area contributed by atoms with Crippen LogP contribution in [0.2, 0.25) is 0 Å². The minimum absolute atomic E-state index is 0.0431. The van der Waals surface area contributed by atoms with Crippen molar-refractivity contribution in [3.63, 3.8) is 0 Å². The second-order valence-corrected chi connectivity index (χ2v) is 5.90. The molecule has 0 amide bonds. The Morgan fingerprint density at radius 2 is 1.23 bits per heavy atom. The summed E-state index contributed by atoms with van der Waals surface area (Å²) in [6.45, 7) is 3.83. The van der Waals surface area contributed by atoms with Crippen molar-refractivity contribution in [3.05, 3.63) is 34.4 Å². The molecule has 4 atom stereocenters. The largest absolute Gasteiger partial charge is 0.478 e. The van der Waals surface area contributed by atoms with Gasteiger partial charge in [0.05, 0.1) is 35.5 Å². The number of carboxylic acid groups (broad SMARTS) is 2. The van der Waals surface area contributed by atoms with E-state index in [9.17, 15) is 19.8 Å². The highest BCUT2D eigenvalue weighted by Crippen LogP contribution is 2.33. The standard InChI is InChI=1S/C16H18O6/c1-7-13(21-7)5-11-9(15(17)18)3-4-10(16(19)20)12(11)6-14-8(2)22-14/h3-4,7-8,13-14H,5-6H2,1-2H3,(H,17,18)(H,19,20). The van der Waals surface area contributed by atoms with E-state index in [2.05, 4.69) is 0 Å². The number of carboxylic acids is 2. The number of rotatable bonds is 6. The highest BCUT2D eigenvalue weighted by atomic mass is 16.6. The van der Waals surface area contributed by atoms with Crippen LogP contribution in [0.3, 0.4) is 0 Å². The summed E-state index contributed by atoms with van der Waals surface area (Å²) in [5, 5.41) is 18.8. The van der Waals surface area contributed by atoms with E-state index in [1.807, 2.05) is 13.8 Å². The van der Waals surface area contributed by atoms with Crippen LogP contribution >= 0.6 is 0 Å². The lowest BCUT2D eigenvalue weighted by molar-refractivity contribution is 0.0678. The van der Waals surface area contributed by atoms with Crippen molar-refractivity contribution in [2.24, 2.45) is 0 Å². The van der Waals surface area contributed by atoms with Crippen LogP contribution in [0.25, 0.3) is 0 Å². The number of carbonyl (C=O) groups is 2. The zero-order valence-corrected chi connectivity index (χ0v) is 12.4. The Morgan fingerprint density at radius 1 is 0.909 bits per heavy atom. The van der Waals surface area contributed by atoms with Gasteiger partial charge in [-0.1, -0.05) is 0 Å². The molecule has 6 heteroatoms. The first-order valence-electron chi connectivity index (χ1n) is 7.30. The molecule has 6 nitrogen and oxygen atoms in total. The monoisotopic (exact) mass is 306 g/mol. The molecule has 22 heavy (non-hydrogen) atoms. The van der Waals surface area contributed by atoms with Crippen molar-refractivity contribution >= 4 is 11.9 Å². The van der Waals surface area contributed by atoms with E-state index >= 15 is 0 Å². The summed E-state index contributed by atoms with van der Waals surface area (Å²) < 4.78 is 10.8. The fourth-order valence-corrected chi connectivity index (χ4v) is 2.85. The summed E-state index contributed by atoms with van der Waals surface area (Å²) in [5.41, 5.74) is 1.42. The van der Waals surface area contributed by atoms with Gasteiger partial charge in [0.2, 0.25) is 0 Å². The van der Waals surface area contributed by atoms with E-state index in [4.69, 9.17) is 9.47 Å². The van der Waals surface area contributed by atoms with Crippen molar-refractivity contribution in [1.82, 2.24) is 0 Å². The van der Waals surface area contributed by atoms with Crippen LogP contribution in [0.5, 0.6) is 0 Å². The summed E-state index contributed by atoms with van der Waals surface area (Å²) in [5.74, 6) is -2.10. The van der Waals surface area contributed by atoms with Crippen LogP contribution < -0.4 is 0 Å². The molecule has 4 unspecified atom stereocenters. The summed E-state index contributed by atoms with van der Waals surface area (Å²) in [7, 11) is 0. The SMILES string of the molecule is CC1OC1Cc1c(C(=O)O)ccc(C(=O)O)c1CC1OC1C. The van der Waals surface area contributed by atoms with Gasteiger partial charge in [-0.3, -0.25) is 0 Å². The van der Waals surface area contributed by atoms with E-state index in [1.165, 1.54) is 12.1 Å². The minimum Gasteiger partial charge on any atom is -0.478 e. The highest BCUT2D eigenvalue weighted by Gasteiger charge is 2.39. The molecule has 3 rings (SSSR count). The molecule has 0 aromatic heterocycles.